The van der Waals surface area contributed by atoms with Crippen LogP contribution < -0.4 is 10.1 Å². The molecule has 1 N–H and O–H groups in total. The summed E-state index contributed by atoms with van der Waals surface area (Å²) in [7, 11) is 1.76. The number of hydrogen-bond acceptors (Lipinski definition) is 3. The number of nitrogens with one attached hydrogen (secondary N) is 1. The summed E-state index contributed by atoms with van der Waals surface area (Å²) in [5, 5.41) is 4.21. The highest BCUT2D eigenvalue weighted by Gasteiger charge is 2.12. The first kappa shape index (κ1) is 18.4. The summed E-state index contributed by atoms with van der Waals surface area (Å²) in [4.78, 5) is 0. The molecule has 120 valence electrons. The fourth-order valence-electron chi connectivity index (χ4n) is 2.07. The maximum absolute atomic E-state index is 5.52. The molecule has 0 heterocycles. The van der Waals surface area contributed by atoms with Gasteiger partial charge in [-0.3, -0.25) is 0 Å². The maximum atomic E-state index is 5.52. The standard InChI is InChI=1S/C18H31NOS/c1-7-10-19-14(4)16-8-9-18(20-6)17(11-16)12-21-15(5)13(2)3/h8-9,11,13-15,19H,7,10,12H2,1-6H3. The maximum Gasteiger partial charge on any atom is 0.122 e. The zero-order valence-electron chi connectivity index (χ0n) is 14.4. The summed E-state index contributed by atoms with van der Waals surface area (Å²) < 4.78 is 5.52. The zero-order valence-corrected chi connectivity index (χ0v) is 15.2. The second-order valence-corrected chi connectivity index (χ2v) is 7.37. The van der Waals surface area contributed by atoms with Crippen LogP contribution >= 0.6 is 11.8 Å². The molecule has 1 aromatic rings. The Labute approximate surface area is 135 Å². The average molecular weight is 310 g/mol. The molecule has 0 amide bonds. The highest BCUT2D eigenvalue weighted by atomic mass is 32.2. The Kier molecular flexibility index (Phi) is 8.20. The van der Waals surface area contributed by atoms with E-state index in [1.54, 1.807) is 7.11 Å². The van der Waals surface area contributed by atoms with Crippen molar-refractivity contribution >= 4 is 11.8 Å². The van der Waals surface area contributed by atoms with Crippen molar-refractivity contribution < 1.29 is 4.74 Å². The number of methoxy groups -OCH3 is 1. The predicted molar refractivity (Wildman–Crippen MR) is 95.3 cm³/mol. The first-order valence-electron chi connectivity index (χ1n) is 8.01. The lowest BCUT2D eigenvalue weighted by molar-refractivity contribution is 0.411. The van der Waals surface area contributed by atoms with E-state index in [0.29, 0.717) is 17.2 Å². The quantitative estimate of drug-likeness (QED) is 0.691. The van der Waals surface area contributed by atoms with Crippen molar-refractivity contribution in [1.29, 1.82) is 0 Å². The summed E-state index contributed by atoms with van der Waals surface area (Å²) >= 11 is 2.01. The van der Waals surface area contributed by atoms with E-state index in [4.69, 9.17) is 4.74 Å². The van der Waals surface area contributed by atoms with Gasteiger partial charge in [0.15, 0.2) is 0 Å². The second kappa shape index (κ2) is 9.37. The number of hydrogen-bond donors (Lipinski definition) is 1. The average Bonchev–Trinajstić information content (AvgIpc) is 2.49. The molecular formula is C18H31NOS. The number of rotatable bonds is 9. The van der Waals surface area contributed by atoms with Crippen LogP contribution in [0, 0.1) is 5.92 Å². The van der Waals surface area contributed by atoms with Crippen LogP contribution in [0.5, 0.6) is 5.75 Å². The van der Waals surface area contributed by atoms with Crippen LogP contribution in [-0.2, 0) is 5.75 Å². The topological polar surface area (TPSA) is 21.3 Å². The Morgan fingerprint density at radius 2 is 1.90 bits per heavy atom. The Balaban J connectivity index is 2.80. The minimum Gasteiger partial charge on any atom is -0.496 e. The van der Waals surface area contributed by atoms with Gasteiger partial charge < -0.3 is 10.1 Å². The Hall–Kier alpha value is -0.670. The van der Waals surface area contributed by atoms with Crippen molar-refractivity contribution in [3.63, 3.8) is 0 Å². The van der Waals surface area contributed by atoms with Crippen molar-refractivity contribution in [3.05, 3.63) is 29.3 Å². The molecule has 0 aliphatic rings. The molecule has 21 heavy (non-hydrogen) atoms. The normalized spacial score (nSPS) is 14.2. The monoisotopic (exact) mass is 309 g/mol. The molecular weight excluding hydrogens is 278 g/mol. The van der Waals surface area contributed by atoms with Crippen LogP contribution in [0.2, 0.25) is 0 Å². The highest BCUT2D eigenvalue weighted by Crippen LogP contribution is 2.30. The molecule has 3 heteroatoms. The van der Waals surface area contributed by atoms with Crippen molar-refractivity contribution in [1.82, 2.24) is 5.32 Å². The van der Waals surface area contributed by atoms with Crippen LogP contribution in [0.1, 0.15) is 58.2 Å². The molecule has 2 atom stereocenters. The lowest BCUT2D eigenvalue weighted by atomic mass is 10.0. The van der Waals surface area contributed by atoms with Crippen LogP contribution in [0.25, 0.3) is 0 Å². The van der Waals surface area contributed by atoms with Crippen molar-refractivity contribution in [3.8, 4) is 5.75 Å². The minimum absolute atomic E-state index is 0.391. The lowest BCUT2D eigenvalue weighted by Gasteiger charge is -2.19. The molecule has 0 aliphatic carbocycles. The van der Waals surface area contributed by atoms with Crippen LogP contribution in [0.4, 0.5) is 0 Å². The van der Waals surface area contributed by atoms with E-state index in [-0.39, 0.29) is 0 Å². The van der Waals surface area contributed by atoms with E-state index >= 15 is 0 Å². The van der Waals surface area contributed by atoms with Crippen LogP contribution in [0.15, 0.2) is 18.2 Å². The SMILES string of the molecule is CCCNC(C)c1ccc(OC)c(CSC(C)C(C)C)c1. The summed E-state index contributed by atoms with van der Waals surface area (Å²) in [5.41, 5.74) is 2.65. The van der Waals surface area contributed by atoms with Gasteiger partial charge in [-0.25, -0.2) is 0 Å². The first-order chi connectivity index (χ1) is 9.99. The van der Waals surface area contributed by atoms with Crippen LogP contribution in [-0.4, -0.2) is 18.9 Å². The van der Waals surface area contributed by atoms with Gasteiger partial charge in [-0.2, -0.15) is 11.8 Å². The van der Waals surface area contributed by atoms with Gasteiger partial charge in [-0.05, 0) is 43.5 Å². The lowest BCUT2D eigenvalue weighted by Crippen LogP contribution is -2.19. The molecule has 0 aliphatic heterocycles. The molecule has 0 saturated carbocycles. The molecule has 0 radical (unpaired) electrons. The van der Waals surface area contributed by atoms with Crippen molar-refractivity contribution in [2.24, 2.45) is 5.92 Å². The fraction of sp³-hybridized carbons (Fsp3) is 0.667. The predicted octanol–water partition coefficient (Wildman–Crippen LogP) is 5.03. The molecule has 1 aromatic carbocycles. The van der Waals surface area contributed by atoms with Gasteiger partial charge in [0.1, 0.15) is 5.75 Å². The summed E-state index contributed by atoms with van der Waals surface area (Å²) in [6.45, 7) is 12.3. The summed E-state index contributed by atoms with van der Waals surface area (Å²) in [6.07, 6.45) is 1.16. The summed E-state index contributed by atoms with van der Waals surface area (Å²) in [6, 6.07) is 6.97. The zero-order chi connectivity index (χ0) is 15.8. The van der Waals surface area contributed by atoms with Gasteiger partial charge in [-0.15, -0.1) is 0 Å². The largest absolute Gasteiger partial charge is 0.496 e. The second-order valence-electron chi connectivity index (χ2n) is 6.01. The van der Waals surface area contributed by atoms with Crippen LogP contribution in [0.3, 0.4) is 0 Å². The number of thioether (sulfide) groups is 1. The molecule has 0 spiro atoms. The Morgan fingerprint density at radius 1 is 1.19 bits per heavy atom. The molecule has 0 aromatic heterocycles. The molecule has 2 unspecified atom stereocenters. The van der Waals surface area contributed by atoms with E-state index in [2.05, 4.69) is 58.1 Å². The smallest absolute Gasteiger partial charge is 0.122 e. The van der Waals surface area contributed by atoms with E-state index in [0.717, 1.165) is 24.5 Å². The van der Waals surface area contributed by atoms with Gasteiger partial charge >= 0.3 is 0 Å². The third-order valence-electron chi connectivity index (χ3n) is 3.95. The van der Waals surface area contributed by atoms with E-state index in [1.807, 2.05) is 11.8 Å². The van der Waals surface area contributed by atoms with Crippen molar-refractivity contribution in [2.75, 3.05) is 13.7 Å². The summed E-state index contributed by atoms with van der Waals surface area (Å²) in [5.74, 6) is 2.72. The number of ether oxygens (including phenoxy) is 1. The molecule has 0 saturated heterocycles. The minimum atomic E-state index is 0.391. The number of benzene rings is 1. The first-order valence-corrected chi connectivity index (χ1v) is 9.06. The third kappa shape index (κ3) is 5.91. The van der Waals surface area contributed by atoms with E-state index in [1.165, 1.54) is 11.1 Å². The van der Waals surface area contributed by atoms with Gasteiger partial charge in [0.05, 0.1) is 7.11 Å². The highest BCUT2D eigenvalue weighted by molar-refractivity contribution is 7.99. The van der Waals surface area contributed by atoms with Gasteiger partial charge in [-0.1, -0.05) is 33.8 Å². The van der Waals surface area contributed by atoms with Gasteiger partial charge in [0.2, 0.25) is 0 Å². The van der Waals surface area contributed by atoms with Gasteiger partial charge in [0, 0.05) is 22.6 Å². The molecule has 2 nitrogen and oxygen atoms in total. The third-order valence-corrected chi connectivity index (χ3v) is 5.49. The molecule has 0 bridgehead atoms. The Bertz CT molecular complexity index is 420. The fourth-order valence-corrected chi connectivity index (χ4v) is 3.13. The van der Waals surface area contributed by atoms with Gasteiger partial charge in [0.25, 0.3) is 0 Å². The molecule has 0 fully saturated rings. The van der Waals surface area contributed by atoms with E-state index in [9.17, 15) is 0 Å². The van der Waals surface area contributed by atoms with Crippen molar-refractivity contribution in [2.45, 2.75) is 58.1 Å². The Morgan fingerprint density at radius 3 is 2.48 bits per heavy atom. The van der Waals surface area contributed by atoms with E-state index < -0.39 is 0 Å². The molecule has 1 rings (SSSR count).